The number of amides is 1. The zero-order chi connectivity index (χ0) is 34.6. The van der Waals surface area contributed by atoms with Gasteiger partial charge in [0.2, 0.25) is 0 Å². The van der Waals surface area contributed by atoms with Gasteiger partial charge in [-0.3, -0.25) is 0 Å². The van der Waals surface area contributed by atoms with Gasteiger partial charge in [0.15, 0.2) is 0 Å². The van der Waals surface area contributed by atoms with Crippen molar-refractivity contribution in [1.29, 1.82) is 0 Å². The van der Waals surface area contributed by atoms with Crippen molar-refractivity contribution in [2.24, 2.45) is 15.9 Å². The summed E-state index contributed by atoms with van der Waals surface area (Å²) in [6, 6.07) is 10.3. The molecular formula is C33H52N3O8PSeSi. The quantitative estimate of drug-likeness (QED) is 0.170. The molecule has 3 aliphatic heterocycles. The van der Waals surface area contributed by atoms with Gasteiger partial charge in [-0.15, -0.1) is 0 Å². The summed E-state index contributed by atoms with van der Waals surface area (Å²) in [6.45, 7) is 20.7. The van der Waals surface area contributed by atoms with Gasteiger partial charge in [-0.1, -0.05) is 0 Å². The Hall–Kier alpha value is -1.66. The van der Waals surface area contributed by atoms with Gasteiger partial charge in [0.25, 0.3) is 0 Å². The average molecular weight is 757 g/mol. The number of benzene rings is 1. The maximum absolute atomic E-state index is 13.3. The molecule has 0 N–H and O–H groups in total. The predicted molar refractivity (Wildman–Crippen MR) is 188 cm³/mol. The van der Waals surface area contributed by atoms with E-state index in [1.54, 1.807) is 13.8 Å². The zero-order valence-electron chi connectivity index (χ0n) is 29.4. The van der Waals surface area contributed by atoms with Crippen LogP contribution in [0.15, 0.2) is 51.7 Å². The van der Waals surface area contributed by atoms with Crippen molar-refractivity contribution in [1.82, 2.24) is 4.90 Å². The molecule has 0 aromatic heterocycles. The fourth-order valence-electron chi connectivity index (χ4n) is 5.13. The Labute approximate surface area is 287 Å². The molecule has 14 heteroatoms. The van der Waals surface area contributed by atoms with E-state index in [1.807, 2.05) is 45.2 Å². The first-order valence-electron chi connectivity index (χ1n) is 16.3. The number of carbonyl (C=O) groups excluding carboxylic acids is 1. The molecule has 1 unspecified atom stereocenters. The van der Waals surface area contributed by atoms with Crippen LogP contribution in [0.4, 0.5) is 4.79 Å². The van der Waals surface area contributed by atoms with Crippen LogP contribution in [0, 0.1) is 5.92 Å². The minimum absolute atomic E-state index is 0.00304. The first-order valence-corrected chi connectivity index (χ1v) is 22.8. The van der Waals surface area contributed by atoms with Gasteiger partial charge in [0.1, 0.15) is 0 Å². The molecule has 1 amide bonds. The second-order valence-electron chi connectivity index (χ2n) is 14.3. The molecule has 11 nitrogen and oxygen atoms in total. The van der Waals surface area contributed by atoms with Crippen molar-refractivity contribution in [3.05, 3.63) is 41.7 Å². The van der Waals surface area contributed by atoms with Crippen molar-refractivity contribution in [2.45, 2.75) is 109 Å². The monoisotopic (exact) mass is 757 g/mol. The van der Waals surface area contributed by atoms with Crippen molar-refractivity contribution in [3.8, 4) is 0 Å². The van der Waals surface area contributed by atoms with Crippen molar-refractivity contribution in [2.75, 3.05) is 26.1 Å². The molecule has 3 aliphatic rings. The van der Waals surface area contributed by atoms with E-state index >= 15 is 0 Å². The number of rotatable bonds is 12. The number of aliphatic imine (C=N–C) groups is 2. The second kappa shape index (κ2) is 15.5. The SMILES string of the molecule is CCOP(=O)(CO[C@H]1O[C@@H](C2C=NC3=C2N=CN(C(=O)OC(C)(C)C)C[C@H]3O[Si](C)(C)C(C)(C)C)C[C@@H]1[Se]c1ccccc1)OCC. The molecule has 3 heterocycles. The summed E-state index contributed by atoms with van der Waals surface area (Å²) >= 11 is 0.00304. The molecule has 1 aromatic rings. The Morgan fingerprint density at radius 1 is 1.04 bits per heavy atom. The maximum atomic E-state index is 13.3. The Bertz CT molecular complexity index is 1370. The normalized spacial score (nSPS) is 25.3. The van der Waals surface area contributed by atoms with Crippen LogP contribution in [0.1, 0.15) is 61.8 Å². The van der Waals surface area contributed by atoms with Crippen molar-refractivity contribution in [3.63, 3.8) is 0 Å². The van der Waals surface area contributed by atoms with Gasteiger partial charge in [0, 0.05) is 0 Å². The molecule has 0 aliphatic carbocycles. The fraction of sp³-hybridized carbons (Fsp3) is 0.667. The Morgan fingerprint density at radius 2 is 1.70 bits per heavy atom. The molecule has 4 rings (SSSR count). The van der Waals surface area contributed by atoms with Crippen LogP contribution in [0.2, 0.25) is 22.9 Å². The van der Waals surface area contributed by atoms with E-state index in [9.17, 15) is 9.36 Å². The van der Waals surface area contributed by atoms with Crippen LogP contribution in [-0.2, 0) is 32.2 Å². The van der Waals surface area contributed by atoms with Gasteiger partial charge in [-0.25, -0.2) is 0 Å². The number of ether oxygens (including phenoxy) is 3. The predicted octanol–water partition coefficient (Wildman–Crippen LogP) is 6.74. The van der Waals surface area contributed by atoms with Crippen LogP contribution in [-0.4, -0.2) is 97.0 Å². The molecular weight excluding hydrogens is 704 g/mol. The molecule has 0 radical (unpaired) electrons. The van der Waals surface area contributed by atoms with Gasteiger partial charge >= 0.3 is 289 Å². The summed E-state index contributed by atoms with van der Waals surface area (Å²) in [5.41, 5.74) is 0.753. The Balaban J connectivity index is 1.63. The first-order chi connectivity index (χ1) is 21.9. The van der Waals surface area contributed by atoms with Gasteiger partial charge in [-0.2, -0.15) is 0 Å². The van der Waals surface area contributed by atoms with E-state index in [0.717, 1.165) is 0 Å². The molecule has 1 saturated heterocycles. The average Bonchev–Trinajstić information content (AvgIpc) is 3.52. The summed E-state index contributed by atoms with van der Waals surface area (Å²) in [7, 11) is -5.73. The van der Waals surface area contributed by atoms with Crippen molar-refractivity contribution < 1.29 is 37.0 Å². The molecule has 1 aromatic carbocycles. The third kappa shape index (κ3) is 9.96. The Morgan fingerprint density at radius 3 is 2.30 bits per heavy atom. The Kier molecular flexibility index (Phi) is 12.6. The van der Waals surface area contributed by atoms with Crippen LogP contribution < -0.4 is 4.46 Å². The molecule has 5 atom stereocenters. The standard InChI is InChI=1S/C33H52N3O8PSeSi/c1-11-40-45(38,41-12-2)22-39-30-27(46-23-16-14-13-15-17-23)18-25(42-30)24-19-34-29-26(44-47(9,10)33(6,7)8)20-36(21-35-28(24)29)31(37)43-32(3,4)5/h13-17,19,21,24-27,30H,11-12,18,20,22H2,1-10H3/t24?,25-,26-,27+,30+/m1/s1. The fourth-order valence-corrected chi connectivity index (χ4v) is 10.2. The summed E-state index contributed by atoms with van der Waals surface area (Å²) in [5.74, 6) is -0.293. The summed E-state index contributed by atoms with van der Waals surface area (Å²) in [4.78, 5) is 24.5. The van der Waals surface area contributed by atoms with E-state index < -0.39 is 40.0 Å². The van der Waals surface area contributed by atoms with E-state index in [2.05, 4.69) is 46.0 Å². The van der Waals surface area contributed by atoms with Crippen LogP contribution >= 0.6 is 7.60 Å². The van der Waals surface area contributed by atoms with Crippen LogP contribution in [0.5, 0.6) is 0 Å². The second-order valence-corrected chi connectivity index (χ2v) is 23.8. The molecule has 47 heavy (non-hydrogen) atoms. The third-order valence-electron chi connectivity index (χ3n) is 8.38. The van der Waals surface area contributed by atoms with Gasteiger partial charge < -0.3 is 0 Å². The molecule has 262 valence electrons. The molecule has 1 fully saturated rings. The van der Waals surface area contributed by atoms with Crippen molar-refractivity contribution >= 4 is 54.0 Å². The van der Waals surface area contributed by atoms with Crippen LogP contribution in [0.25, 0.3) is 0 Å². The number of nitrogens with zero attached hydrogens (tertiary/aromatic N) is 3. The van der Waals surface area contributed by atoms with E-state index in [0.29, 0.717) is 17.8 Å². The van der Waals surface area contributed by atoms with E-state index in [-0.39, 0.29) is 62.9 Å². The molecule has 0 spiro atoms. The topological polar surface area (TPSA) is 117 Å². The number of carbonyl (C=O) groups is 1. The zero-order valence-corrected chi connectivity index (χ0v) is 33.0. The molecule has 0 saturated carbocycles. The molecule has 0 bridgehead atoms. The number of hydrogen-bond donors (Lipinski definition) is 0. The van der Waals surface area contributed by atoms with Crippen LogP contribution in [0.3, 0.4) is 0 Å². The van der Waals surface area contributed by atoms with Gasteiger partial charge in [0.05, 0.1) is 0 Å². The third-order valence-corrected chi connectivity index (χ3v) is 17.3. The minimum atomic E-state index is -3.45. The number of hydrogen-bond acceptors (Lipinski definition) is 10. The summed E-state index contributed by atoms with van der Waals surface area (Å²) in [6.07, 6.45) is 1.97. The summed E-state index contributed by atoms with van der Waals surface area (Å²) in [5, 5.41) is -0.0619. The summed E-state index contributed by atoms with van der Waals surface area (Å²) < 4.78 is 50.9. The first kappa shape index (κ1) is 38.1. The van der Waals surface area contributed by atoms with E-state index in [4.69, 9.17) is 37.7 Å². The van der Waals surface area contributed by atoms with Gasteiger partial charge in [-0.05, 0) is 0 Å². The van der Waals surface area contributed by atoms with E-state index in [1.165, 1.54) is 15.7 Å².